The van der Waals surface area contributed by atoms with Crippen LogP contribution < -0.4 is 14.8 Å². The van der Waals surface area contributed by atoms with Gasteiger partial charge in [0.25, 0.3) is 0 Å². The predicted molar refractivity (Wildman–Crippen MR) is 87.0 cm³/mol. The van der Waals surface area contributed by atoms with Gasteiger partial charge in [0, 0.05) is 25.8 Å². The van der Waals surface area contributed by atoms with Crippen LogP contribution in [0.15, 0.2) is 30.6 Å². The summed E-state index contributed by atoms with van der Waals surface area (Å²) in [4.78, 5) is 14.1. The van der Waals surface area contributed by atoms with Gasteiger partial charge in [0.15, 0.2) is 11.5 Å². The number of benzene rings is 1. The summed E-state index contributed by atoms with van der Waals surface area (Å²) in [6, 6.07) is 5.72. The molecule has 1 aromatic heterocycles. The molecule has 1 N–H and O–H groups in total. The molecule has 0 radical (unpaired) electrons. The van der Waals surface area contributed by atoms with E-state index in [9.17, 15) is 4.79 Å². The van der Waals surface area contributed by atoms with Crippen LogP contribution >= 0.6 is 0 Å². The van der Waals surface area contributed by atoms with E-state index in [0.29, 0.717) is 31.1 Å². The maximum atomic E-state index is 12.3. The number of hydrogen-bond donors (Lipinski definition) is 1. The van der Waals surface area contributed by atoms with E-state index in [0.717, 1.165) is 12.0 Å². The summed E-state index contributed by atoms with van der Waals surface area (Å²) in [7, 11) is 3.19. The summed E-state index contributed by atoms with van der Waals surface area (Å²) < 4.78 is 12.3. The van der Waals surface area contributed by atoms with Crippen LogP contribution in [0.4, 0.5) is 4.79 Å². The molecule has 1 saturated heterocycles. The Bertz CT molecular complexity index is 689. The first kappa shape index (κ1) is 16.1. The highest BCUT2D eigenvalue weighted by Gasteiger charge is 2.27. The van der Waals surface area contributed by atoms with Crippen molar-refractivity contribution in [2.45, 2.75) is 19.0 Å². The van der Waals surface area contributed by atoms with Gasteiger partial charge in [-0.3, -0.25) is 0 Å². The quantitative estimate of drug-likeness (QED) is 0.897. The van der Waals surface area contributed by atoms with E-state index < -0.39 is 0 Å². The summed E-state index contributed by atoms with van der Waals surface area (Å²) in [6.45, 7) is 1.78. The van der Waals surface area contributed by atoms with E-state index in [1.165, 1.54) is 0 Å². The average Bonchev–Trinajstić information content (AvgIpc) is 3.30. The van der Waals surface area contributed by atoms with E-state index in [-0.39, 0.29) is 12.1 Å². The summed E-state index contributed by atoms with van der Waals surface area (Å²) in [6.07, 6.45) is 4.36. The Morgan fingerprint density at radius 2 is 2.17 bits per heavy atom. The Balaban J connectivity index is 1.54. The minimum absolute atomic E-state index is 0.0765. The molecule has 1 unspecified atom stereocenters. The smallest absolute Gasteiger partial charge is 0.317 e. The van der Waals surface area contributed by atoms with Crippen molar-refractivity contribution >= 4 is 6.03 Å². The highest BCUT2D eigenvalue weighted by Crippen LogP contribution is 2.27. The van der Waals surface area contributed by atoms with Crippen molar-refractivity contribution in [2.24, 2.45) is 0 Å². The van der Waals surface area contributed by atoms with Gasteiger partial charge in [-0.15, -0.1) is 5.10 Å². The number of urea groups is 1. The van der Waals surface area contributed by atoms with E-state index in [1.807, 2.05) is 29.1 Å². The third-order valence-electron chi connectivity index (χ3n) is 4.16. The van der Waals surface area contributed by atoms with Crippen molar-refractivity contribution in [1.29, 1.82) is 0 Å². The number of aromatic nitrogens is 3. The van der Waals surface area contributed by atoms with Crippen LogP contribution in [-0.4, -0.2) is 53.2 Å². The van der Waals surface area contributed by atoms with Crippen LogP contribution in [0.2, 0.25) is 0 Å². The minimum Gasteiger partial charge on any atom is -0.493 e. The average molecular weight is 331 g/mol. The number of carbonyl (C=O) groups is 1. The van der Waals surface area contributed by atoms with Gasteiger partial charge in [-0.2, -0.15) is 0 Å². The van der Waals surface area contributed by atoms with Gasteiger partial charge >= 0.3 is 6.03 Å². The van der Waals surface area contributed by atoms with E-state index in [2.05, 4.69) is 15.6 Å². The molecular formula is C16H21N5O3. The van der Waals surface area contributed by atoms with Gasteiger partial charge < -0.3 is 19.7 Å². The van der Waals surface area contributed by atoms with Gasteiger partial charge in [0.05, 0.1) is 26.5 Å². The van der Waals surface area contributed by atoms with Gasteiger partial charge in [0.1, 0.15) is 0 Å². The summed E-state index contributed by atoms with van der Waals surface area (Å²) in [5.74, 6) is 1.32. The number of nitrogens with zero attached hydrogens (tertiary/aromatic N) is 4. The molecule has 24 heavy (non-hydrogen) atoms. The molecule has 0 bridgehead atoms. The van der Waals surface area contributed by atoms with Crippen molar-refractivity contribution in [3.05, 3.63) is 36.2 Å². The van der Waals surface area contributed by atoms with Crippen molar-refractivity contribution < 1.29 is 14.3 Å². The normalized spacial score (nSPS) is 16.9. The third kappa shape index (κ3) is 3.42. The lowest BCUT2D eigenvalue weighted by Gasteiger charge is -2.17. The number of nitrogens with one attached hydrogen (secondary N) is 1. The third-order valence-corrected chi connectivity index (χ3v) is 4.16. The number of carbonyl (C=O) groups excluding carboxylic acids is 1. The Morgan fingerprint density at radius 3 is 2.88 bits per heavy atom. The second kappa shape index (κ2) is 7.20. The zero-order chi connectivity index (χ0) is 16.9. The number of hydrogen-bond acceptors (Lipinski definition) is 5. The van der Waals surface area contributed by atoms with Gasteiger partial charge in [-0.05, 0) is 24.1 Å². The Morgan fingerprint density at radius 1 is 1.33 bits per heavy atom. The Kier molecular flexibility index (Phi) is 4.83. The molecule has 1 fully saturated rings. The molecule has 2 amide bonds. The van der Waals surface area contributed by atoms with Gasteiger partial charge in [-0.25, -0.2) is 9.48 Å². The minimum atomic E-state index is -0.0765. The standard InChI is InChI=1S/C16H21N5O3/c1-23-14-4-3-12(9-15(14)24-2)10-17-16(22)20-7-5-13(11-20)21-8-6-18-19-21/h3-4,6,8-9,13H,5,7,10-11H2,1-2H3,(H,17,22). The first-order chi connectivity index (χ1) is 11.7. The molecule has 1 aliphatic rings. The summed E-state index contributed by atoms with van der Waals surface area (Å²) in [5.41, 5.74) is 0.952. The molecule has 0 saturated carbocycles. The number of methoxy groups -OCH3 is 2. The van der Waals surface area contributed by atoms with Crippen LogP contribution in [0.5, 0.6) is 11.5 Å². The van der Waals surface area contributed by atoms with Crippen LogP contribution in [0, 0.1) is 0 Å². The number of ether oxygens (including phenoxy) is 2. The highest BCUT2D eigenvalue weighted by atomic mass is 16.5. The van der Waals surface area contributed by atoms with E-state index >= 15 is 0 Å². The molecule has 2 heterocycles. The molecular weight excluding hydrogens is 310 g/mol. The molecule has 0 spiro atoms. The number of likely N-dealkylation sites (tertiary alicyclic amines) is 1. The van der Waals surface area contributed by atoms with Crippen LogP contribution in [-0.2, 0) is 6.54 Å². The fourth-order valence-electron chi connectivity index (χ4n) is 2.83. The largest absolute Gasteiger partial charge is 0.493 e. The summed E-state index contributed by atoms with van der Waals surface area (Å²) >= 11 is 0. The fourth-order valence-corrected chi connectivity index (χ4v) is 2.83. The highest BCUT2D eigenvalue weighted by molar-refractivity contribution is 5.74. The van der Waals surface area contributed by atoms with E-state index in [4.69, 9.17) is 9.47 Å². The Labute approximate surface area is 140 Å². The predicted octanol–water partition coefficient (Wildman–Crippen LogP) is 1.45. The van der Waals surface area contributed by atoms with Crippen molar-refractivity contribution in [3.8, 4) is 11.5 Å². The van der Waals surface area contributed by atoms with Crippen molar-refractivity contribution in [3.63, 3.8) is 0 Å². The fraction of sp³-hybridized carbons (Fsp3) is 0.438. The molecule has 128 valence electrons. The number of amides is 2. The molecule has 8 heteroatoms. The second-order valence-corrected chi connectivity index (χ2v) is 5.62. The van der Waals surface area contributed by atoms with Crippen molar-refractivity contribution in [1.82, 2.24) is 25.2 Å². The maximum Gasteiger partial charge on any atom is 0.317 e. The lowest BCUT2D eigenvalue weighted by atomic mass is 10.2. The zero-order valence-electron chi connectivity index (χ0n) is 13.8. The van der Waals surface area contributed by atoms with Crippen LogP contribution in [0.1, 0.15) is 18.0 Å². The topological polar surface area (TPSA) is 81.5 Å². The molecule has 2 aromatic rings. The summed E-state index contributed by atoms with van der Waals surface area (Å²) in [5, 5.41) is 10.8. The zero-order valence-corrected chi connectivity index (χ0v) is 13.8. The number of rotatable bonds is 5. The van der Waals surface area contributed by atoms with Crippen LogP contribution in [0.25, 0.3) is 0 Å². The second-order valence-electron chi connectivity index (χ2n) is 5.62. The molecule has 8 nitrogen and oxygen atoms in total. The molecule has 1 atom stereocenters. The monoisotopic (exact) mass is 331 g/mol. The molecule has 1 aromatic carbocycles. The molecule has 3 rings (SSSR count). The van der Waals surface area contributed by atoms with Crippen LogP contribution in [0.3, 0.4) is 0 Å². The SMILES string of the molecule is COc1ccc(CNC(=O)N2CCC(n3ccnn3)C2)cc1OC. The van der Waals surface area contributed by atoms with E-state index in [1.54, 1.807) is 25.3 Å². The van der Waals surface area contributed by atoms with Crippen molar-refractivity contribution in [2.75, 3.05) is 27.3 Å². The molecule has 1 aliphatic heterocycles. The van der Waals surface area contributed by atoms with Gasteiger partial charge in [0.2, 0.25) is 0 Å². The lowest BCUT2D eigenvalue weighted by molar-refractivity contribution is 0.206. The molecule has 0 aliphatic carbocycles. The Hall–Kier alpha value is -2.77. The van der Waals surface area contributed by atoms with Gasteiger partial charge in [-0.1, -0.05) is 11.3 Å². The first-order valence-electron chi connectivity index (χ1n) is 7.80. The maximum absolute atomic E-state index is 12.3. The lowest BCUT2D eigenvalue weighted by Crippen LogP contribution is -2.38. The first-order valence-corrected chi connectivity index (χ1v) is 7.80.